The molecule has 1 aliphatic heterocycles. The lowest BCUT2D eigenvalue weighted by molar-refractivity contribution is 0.116. The molecule has 4 heteroatoms. The first-order valence-corrected chi connectivity index (χ1v) is 7.53. The van der Waals surface area contributed by atoms with Crippen LogP contribution in [0.2, 0.25) is 0 Å². The Kier molecular flexibility index (Phi) is 3.88. The third-order valence-corrected chi connectivity index (χ3v) is 4.26. The van der Waals surface area contributed by atoms with E-state index < -0.39 is 0 Å². The largest absolute Gasteiger partial charge is 0.376 e. The Morgan fingerprint density at radius 3 is 3.00 bits per heavy atom. The van der Waals surface area contributed by atoms with Gasteiger partial charge in [-0.15, -0.1) is 0 Å². The highest BCUT2D eigenvalue weighted by Gasteiger charge is 2.21. The second-order valence-corrected chi connectivity index (χ2v) is 5.80. The molecule has 1 unspecified atom stereocenters. The molecule has 1 saturated heterocycles. The summed E-state index contributed by atoms with van der Waals surface area (Å²) in [5.74, 6) is 0.823. The van der Waals surface area contributed by atoms with E-state index in [1.54, 1.807) is 0 Å². The molecule has 1 aromatic heterocycles. The second-order valence-electron chi connectivity index (χ2n) is 5.80. The number of anilines is 1. The van der Waals surface area contributed by atoms with Gasteiger partial charge in [0.05, 0.1) is 11.7 Å². The Bertz CT molecular complexity index is 529. The Morgan fingerprint density at radius 1 is 1.40 bits per heavy atom. The molecule has 0 spiro atoms. The van der Waals surface area contributed by atoms with E-state index >= 15 is 0 Å². The van der Waals surface area contributed by atoms with Gasteiger partial charge < -0.3 is 9.64 Å². The van der Waals surface area contributed by atoms with Crippen molar-refractivity contribution in [3.05, 3.63) is 22.9 Å². The maximum absolute atomic E-state index is 9.38. The number of pyridine rings is 1. The van der Waals surface area contributed by atoms with Gasteiger partial charge in [0.1, 0.15) is 11.9 Å². The lowest BCUT2D eigenvalue weighted by Gasteiger charge is -2.25. The van der Waals surface area contributed by atoms with Crippen LogP contribution in [0.1, 0.15) is 42.5 Å². The second kappa shape index (κ2) is 5.80. The fourth-order valence-electron chi connectivity index (χ4n) is 3.18. The van der Waals surface area contributed by atoms with Gasteiger partial charge in [0.15, 0.2) is 0 Å². The molecular formula is C16H21N3O. The van der Waals surface area contributed by atoms with Gasteiger partial charge in [-0.05, 0) is 50.2 Å². The van der Waals surface area contributed by atoms with Crippen LogP contribution < -0.4 is 4.90 Å². The van der Waals surface area contributed by atoms with Crippen LogP contribution in [-0.4, -0.2) is 31.3 Å². The summed E-state index contributed by atoms with van der Waals surface area (Å²) in [6.45, 7) is 1.68. The molecule has 0 aromatic carbocycles. The van der Waals surface area contributed by atoms with Crippen LogP contribution >= 0.6 is 0 Å². The van der Waals surface area contributed by atoms with Crippen molar-refractivity contribution in [2.24, 2.45) is 0 Å². The molecule has 2 aliphatic rings. The van der Waals surface area contributed by atoms with Crippen LogP contribution in [-0.2, 0) is 17.6 Å². The van der Waals surface area contributed by atoms with Crippen LogP contribution in [0.3, 0.4) is 0 Å². The molecule has 20 heavy (non-hydrogen) atoms. The lowest BCUT2D eigenvalue weighted by atomic mass is 9.95. The molecule has 0 saturated carbocycles. The van der Waals surface area contributed by atoms with E-state index in [0.29, 0.717) is 5.56 Å². The van der Waals surface area contributed by atoms with Crippen LogP contribution in [0.15, 0.2) is 6.07 Å². The van der Waals surface area contributed by atoms with E-state index in [-0.39, 0.29) is 6.10 Å². The van der Waals surface area contributed by atoms with Crippen molar-refractivity contribution in [3.8, 4) is 6.07 Å². The van der Waals surface area contributed by atoms with Gasteiger partial charge in [0.25, 0.3) is 0 Å². The molecule has 2 heterocycles. The number of likely N-dealkylation sites (N-methyl/N-ethyl adjacent to an activating group) is 1. The number of ether oxygens (including phenoxy) is 1. The molecule has 0 radical (unpaired) electrons. The fourth-order valence-corrected chi connectivity index (χ4v) is 3.18. The number of hydrogen-bond acceptors (Lipinski definition) is 4. The van der Waals surface area contributed by atoms with Gasteiger partial charge in [-0.25, -0.2) is 4.98 Å². The summed E-state index contributed by atoms with van der Waals surface area (Å²) < 4.78 is 5.68. The van der Waals surface area contributed by atoms with Gasteiger partial charge >= 0.3 is 0 Å². The first kappa shape index (κ1) is 13.4. The molecule has 1 aromatic rings. The molecule has 1 atom stereocenters. The SMILES string of the molecule is CN(CC1CCCO1)c1nc2c(cc1C#N)CCCC2. The predicted molar refractivity (Wildman–Crippen MR) is 77.8 cm³/mol. The van der Waals surface area contributed by atoms with E-state index in [0.717, 1.165) is 44.7 Å². The summed E-state index contributed by atoms with van der Waals surface area (Å²) >= 11 is 0. The van der Waals surface area contributed by atoms with E-state index in [9.17, 15) is 5.26 Å². The lowest BCUT2D eigenvalue weighted by Crippen LogP contribution is -2.30. The third kappa shape index (κ3) is 2.64. The third-order valence-electron chi connectivity index (χ3n) is 4.26. The van der Waals surface area contributed by atoms with Crippen molar-refractivity contribution in [2.45, 2.75) is 44.6 Å². The van der Waals surface area contributed by atoms with E-state index in [2.05, 4.69) is 11.0 Å². The highest BCUT2D eigenvalue weighted by Crippen LogP contribution is 2.26. The quantitative estimate of drug-likeness (QED) is 0.847. The average molecular weight is 271 g/mol. The van der Waals surface area contributed by atoms with Crippen molar-refractivity contribution >= 4 is 5.82 Å². The van der Waals surface area contributed by atoms with Gasteiger partial charge in [-0.2, -0.15) is 5.26 Å². The Labute approximate surface area is 120 Å². The Balaban J connectivity index is 1.85. The van der Waals surface area contributed by atoms with Crippen LogP contribution in [0, 0.1) is 11.3 Å². The normalized spacial score (nSPS) is 21.3. The number of nitrogens with zero attached hydrogens (tertiary/aromatic N) is 3. The minimum atomic E-state index is 0.282. The topological polar surface area (TPSA) is 49.1 Å². The summed E-state index contributed by atoms with van der Waals surface area (Å²) in [4.78, 5) is 6.86. The van der Waals surface area contributed by atoms with E-state index in [4.69, 9.17) is 9.72 Å². The van der Waals surface area contributed by atoms with Crippen LogP contribution in [0.5, 0.6) is 0 Å². The maximum atomic E-state index is 9.38. The van der Waals surface area contributed by atoms with Crippen molar-refractivity contribution in [2.75, 3.05) is 25.1 Å². The van der Waals surface area contributed by atoms with Crippen molar-refractivity contribution in [3.63, 3.8) is 0 Å². The molecule has 1 fully saturated rings. The smallest absolute Gasteiger partial charge is 0.146 e. The van der Waals surface area contributed by atoms with Crippen molar-refractivity contribution in [1.29, 1.82) is 5.26 Å². The summed E-state index contributed by atoms with van der Waals surface area (Å²) in [6, 6.07) is 4.35. The molecule has 0 bridgehead atoms. The van der Waals surface area contributed by atoms with Gasteiger partial charge in [0.2, 0.25) is 0 Å². The van der Waals surface area contributed by atoms with Crippen molar-refractivity contribution < 1.29 is 4.74 Å². The number of aryl methyl sites for hydroxylation is 2. The standard InChI is InChI=1S/C16H21N3O/c1-19(11-14-6-4-8-20-14)16-13(10-17)9-12-5-2-3-7-15(12)18-16/h9,14H,2-8,11H2,1H3. The molecule has 0 amide bonds. The number of rotatable bonds is 3. The maximum Gasteiger partial charge on any atom is 0.146 e. The highest BCUT2D eigenvalue weighted by molar-refractivity contribution is 5.56. The number of hydrogen-bond donors (Lipinski definition) is 0. The number of nitriles is 1. The highest BCUT2D eigenvalue weighted by atomic mass is 16.5. The summed E-state index contributed by atoms with van der Waals surface area (Å²) in [5.41, 5.74) is 3.15. The molecule has 1 aliphatic carbocycles. The van der Waals surface area contributed by atoms with Gasteiger partial charge in [-0.3, -0.25) is 0 Å². The minimum Gasteiger partial charge on any atom is -0.376 e. The number of fused-ring (bicyclic) bond motifs is 1. The van der Waals surface area contributed by atoms with Crippen LogP contribution in [0.25, 0.3) is 0 Å². The molecular weight excluding hydrogens is 250 g/mol. The zero-order valence-electron chi connectivity index (χ0n) is 12.1. The predicted octanol–water partition coefficient (Wildman–Crippen LogP) is 2.45. The minimum absolute atomic E-state index is 0.282. The summed E-state index contributed by atoms with van der Waals surface area (Å²) in [5, 5.41) is 9.38. The van der Waals surface area contributed by atoms with Gasteiger partial charge in [-0.1, -0.05) is 0 Å². The Hall–Kier alpha value is -1.60. The summed E-state index contributed by atoms with van der Waals surface area (Å²) in [6.07, 6.45) is 7.06. The first-order valence-electron chi connectivity index (χ1n) is 7.53. The van der Waals surface area contributed by atoms with Crippen LogP contribution in [0.4, 0.5) is 5.82 Å². The summed E-state index contributed by atoms with van der Waals surface area (Å²) in [7, 11) is 2.01. The number of aromatic nitrogens is 1. The molecule has 0 N–H and O–H groups in total. The molecule has 106 valence electrons. The van der Waals surface area contributed by atoms with Gasteiger partial charge in [0, 0.05) is 25.9 Å². The first-order chi connectivity index (χ1) is 9.78. The molecule has 3 rings (SSSR count). The van der Waals surface area contributed by atoms with E-state index in [1.165, 1.54) is 24.1 Å². The van der Waals surface area contributed by atoms with Crippen molar-refractivity contribution in [1.82, 2.24) is 4.98 Å². The fraction of sp³-hybridized carbons (Fsp3) is 0.625. The van der Waals surface area contributed by atoms with E-state index in [1.807, 2.05) is 13.1 Å². The average Bonchev–Trinajstić information content (AvgIpc) is 2.98. The zero-order chi connectivity index (χ0) is 13.9. The zero-order valence-corrected chi connectivity index (χ0v) is 12.1. The monoisotopic (exact) mass is 271 g/mol. The Morgan fingerprint density at radius 2 is 2.25 bits per heavy atom. The molecule has 4 nitrogen and oxygen atoms in total.